The van der Waals surface area contributed by atoms with Crippen molar-refractivity contribution in [3.63, 3.8) is 0 Å². The van der Waals surface area contributed by atoms with Crippen LogP contribution >= 0.6 is 0 Å². The summed E-state index contributed by atoms with van der Waals surface area (Å²) in [7, 11) is 0. The molecule has 2 N–H and O–H groups in total. The SMILES string of the molecule is CCCCC(=O)Nc1nc2nc(C)c(C)c(=O)n2[nH]1. The minimum absolute atomic E-state index is 0.123. The number of fused-ring (bicyclic) bond motifs is 1. The van der Waals surface area contributed by atoms with Crippen LogP contribution in [0.15, 0.2) is 4.79 Å². The van der Waals surface area contributed by atoms with Gasteiger partial charge in [0, 0.05) is 17.7 Å². The molecule has 102 valence electrons. The highest BCUT2D eigenvalue weighted by atomic mass is 16.2. The predicted octanol–water partition coefficient (Wildman–Crippen LogP) is 1.16. The number of hydrogen-bond acceptors (Lipinski definition) is 4. The third kappa shape index (κ3) is 2.64. The van der Waals surface area contributed by atoms with E-state index in [1.54, 1.807) is 13.8 Å². The molecule has 0 aromatic carbocycles. The largest absolute Gasteiger partial charge is 0.295 e. The van der Waals surface area contributed by atoms with Gasteiger partial charge < -0.3 is 0 Å². The molecule has 0 radical (unpaired) electrons. The van der Waals surface area contributed by atoms with Gasteiger partial charge in [-0.1, -0.05) is 13.3 Å². The van der Waals surface area contributed by atoms with E-state index in [-0.39, 0.29) is 23.2 Å². The van der Waals surface area contributed by atoms with E-state index >= 15 is 0 Å². The second kappa shape index (κ2) is 5.21. The Morgan fingerprint density at radius 2 is 2.11 bits per heavy atom. The first kappa shape index (κ1) is 13.3. The molecule has 2 heterocycles. The minimum Gasteiger partial charge on any atom is -0.295 e. The summed E-state index contributed by atoms with van der Waals surface area (Å²) in [6.45, 7) is 5.48. The van der Waals surface area contributed by atoms with Crippen LogP contribution in [0.4, 0.5) is 5.95 Å². The fourth-order valence-electron chi connectivity index (χ4n) is 1.69. The smallest absolute Gasteiger partial charge is 0.277 e. The number of carbonyl (C=O) groups excluding carboxylic acids is 1. The van der Waals surface area contributed by atoms with E-state index in [2.05, 4.69) is 20.4 Å². The Hall–Kier alpha value is -2.18. The summed E-state index contributed by atoms with van der Waals surface area (Å²) in [5.74, 6) is 0.386. The van der Waals surface area contributed by atoms with Crippen molar-refractivity contribution in [3.05, 3.63) is 21.6 Å². The zero-order valence-electron chi connectivity index (χ0n) is 11.3. The number of hydrogen-bond donors (Lipinski definition) is 2. The topological polar surface area (TPSA) is 92.2 Å². The van der Waals surface area contributed by atoms with Crippen molar-refractivity contribution < 1.29 is 4.79 Å². The molecule has 0 aliphatic heterocycles. The number of rotatable bonds is 4. The zero-order chi connectivity index (χ0) is 14.0. The molecule has 0 atom stereocenters. The molecule has 7 nitrogen and oxygen atoms in total. The molecule has 0 fully saturated rings. The zero-order valence-corrected chi connectivity index (χ0v) is 11.3. The molecule has 0 saturated heterocycles. The van der Waals surface area contributed by atoms with Gasteiger partial charge in [0.25, 0.3) is 11.3 Å². The number of aromatic nitrogens is 4. The fourth-order valence-corrected chi connectivity index (χ4v) is 1.69. The molecule has 0 unspecified atom stereocenters. The Labute approximate surface area is 110 Å². The van der Waals surface area contributed by atoms with Crippen molar-refractivity contribution in [2.45, 2.75) is 40.0 Å². The monoisotopic (exact) mass is 263 g/mol. The summed E-state index contributed by atoms with van der Waals surface area (Å²) in [4.78, 5) is 31.8. The van der Waals surface area contributed by atoms with Gasteiger partial charge in [0.2, 0.25) is 11.9 Å². The number of anilines is 1. The molecule has 1 amide bonds. The molecule has 0 aliphatic carbocycles. The lowest BCUT2D eigenvalue weighted by molar-refractivity contribution is -0.116. The normalized spacial score (nSPS) is 10.9. The van der Waals surface area contributed by atoms with E-state index in [1.165, 1.54) is 4.52 Å². The maximum absolute atomic E-state index is 12.0. The Kier molecular flexibility index (Phi) is 3.64. The van der Waals surface area contributed by atoms with Crippen molar-refractivity contribution in [1.29, 1.82) is 0 Å². The van der Waals surface area contributed by atoms with E-state index in [0.717, 1.165) is 12.8 Å². The van der Waals surface area contributed by atoms with Gasteiger partial charge in [0.1, 0.15) is 0 Å². The van der Waals surface area contributed by atoms with E-state index in [1.807, 2.05) is 6.92 Å². The van der Waals surface area contributed by atoms with Crippen LogP contribution in [-0.2, 0) is 4.79 Å². The summed E-state index contributed by atoms with van der Waals surface area (Å²) >= 11 is 0. The van der Waals surface area contributed by atoms with Gasteiger partial charge in [-0.3, -0.25) is 20.0 Å². The lowest BCUT2D eigenvalue weighted by Crippen LogP contribution is -2.19. The van der Waals surface area contributed by atoms with Crippen LogP contribution < -0.4 is 10.9 Å². The average molecular weight is 263 g/mol. The molecule has 2 rings (SSSR count). The van der Waals surface area contributed by atoms with E-state index in [9.17, 15) is 9.59 Å². The van der Waals surface area contributed by atoms with Crippen LogP contribution in [0.3, 0.4) is 0 Å². The number of amides is 1. The third-order valence-electron chi connectivity index (χ3n) is 2.98. The molecule has 0 bridgehead atoms. The molecule has 0 saturated carbocycles. The van der Waals surface area contributed by atoms with Crippen LogP contribution in [0.5, 0.6) is 0 Å². The first-order chi connectivity index (χ1) is 9.02. The third-order valence-corrected chi connectivity index (χ3v) is 2.98. The molecular formula is C12H17N5O2. The van der Waals surface area contributed by atoms with Crippen LogP contribution in [0.1, 0.15) is 37.4 Å². The van der Waals surface area contributed by atoms with Crippen molar-refractivity contribution in [2.75, 3.05) is 5.32 Å². The Morgan fingerprint density at radius 3 is 2.79 bits per heavy atom. The summed E-state index contributed by atoms with van der Waals surface area (Å²) in [5, 5.41) is 5.36. The van der Waals surface area contributed by atoms with Crippen molar-refractivity contribution in [2.24, 2.45) is 0 Å². The van der Waals surface area contributed by atoms with E-state index < -0.39 is 0 Å². The number of aromatic amines is 1. The van der Waals surface area contributed by atoms with Gasteiger partial charge in [0.05, 0.1) is 0 Å². The molecular weight excluding hydrogens is 246 g/mol. The predicted molar refractivity (Wildman–Crippen MR) is 71.2 cm³/mol. The fraction of sp³-hybridized carbons (Fsp3) is 0.500. The van der Waals surface area contributed by atoms with Crippen LogP contribution in [0.2, 0.25) is 0 Å². The summed E-state index contributed by atoms with van der Waals surface area (Å²) < 4.78 is 1.23. The number of H-pyrrole nitrogens is 1. The van der Waals surface area contributed by atoms with Crippen molar-refractivity contribution in [1.82, 2.24) is 19.6 Å². The number of aryl methyl sites for hydroxylation is 1. The van der Waals surface area contributed by atoms with Crippen LogP contribution in [0.25, 0.3) is 5.78 Å². The summed E-state index contributed by atoms with van der Waals surface area (Å²) in [5.41, 5.74) is 0.995. The number of carbonyl (C=O) groups is 1. The van der Waals surface area contributed by atoms with Crippen molar-refractivity contribution >= 4 is 17.6 Å². The van der Waals surface area contributed by atoms with E-state index in [4.69, 9.17) is 0 Å². The highest BCUT2D eigenvalue weighted by Gasteiger charge is 2.11. The molecule has 19 heavy (non-hydrogen) atoms. The molecule has 2 aromatic rings. The molecule has 0 spiro atoms. The number of nitrogens with one attached hydrogen (secondary N) is 2. The van der Waals surface area contributed by atoms with E-state index in [0.29, 0.717) is 17.7 Å². The van der Waals surface area contributed by atoms with Gasteiger partial charge in [-0.15, -0.1) is 0 Å². The molecule has 0 aliphatic rings. The second-order valence-corrected chi connectivity index (χ2v) is 4.49. The van der Waals surface area contributed by atoms with Crippen molar-refractivity contribution in [3.8, 4) is 0 Å². The lowest BCUT2D eigenvalue weighted by Gasteiger charge is -1.99. The lowest BCUT2D eigenvalue weighted by atomic mass is 10.2. The second-order valence-electron chi connectivity index (χ2n) is 4.49. The van der Waals surface area contributed by atoms with Crippen LogP contribution in [-0.4, -0.2) is 25.5 Å². The van der Waals surface area contributed by atoms with Crippen LogP contribution in [0, 0.1) is 13.8 Å². The Balaban J connectivity index is 2.30. The highest BCUT2D eigenvalue weighted by Crippen LogP contribution is 2.05. The summed E-state index contributed by atoms with van der Waals surface area (Å²) in [6, 6.07) is 0. The van der Waals surface area contributed by atoms with Gasteiger partial charge in [-0.2, -0.15) is 9.50 Å². The summed E-state index contributed by atoms with van der Waals surface area (Å²) in [6.07, 6.45) is 2.21. The number of nitrogens with zero attached hydrogens (tertiary/aromatic N) is 3. The highest BCUT2D eigenvalue weighted by molar-refractivity contribution is 5.88. The van der Waals surface area contributed by atoms with Gasteiger partial charge in [-0.25, -0.2) is 4.98 Å². The quantitative estimate of drug-likeness (QED) is 0.865. The standard InChI is InChI=1S/C12H17N5O2/c1-4-5-6-9(18)14-11-15-12-13-8(3)7(2)10(19)17(12)16-11/h4-6H2,1-3H3,(H2,13,14,15,16,18). The van der Waals surface area contributed by atoms with Gasteiger partial charge in [-0.05, 0) is 20.3 Å². The maximum atomic E-state index is 12.0. The first-order valence-corrected chi connectivity index (χ1v) is 6.28. The van der Waals surface area contributed by atoms with Gasteiger partial charge in [0.15, 0.2) is 0 Å². The molecule has 7 heteroatoms. The average Bonchev–Trinajstić information content (AvgIpc) is 2.76. The number of unbranched alkanes of at least 4 members (excludes halogenated alkanes) is 1. The first-order valence-electron chi connectivity index (χ1n) is 6.28. The minimum atomic E-state index is -0.205. The Bertz CT molecular complexity index is 671. The Morgan fingerprint density at radius 1 is 1.37 bits per heavy atom. The van der Waals surface area contributed by atoms with Gasteiger partial charge >= 0.3 is 0 Å². The maximum Gasteiger partial charge on any atom is 0.277 e. The molecule has 2 aromatic heterocycles.